The van der Waals surface area contributed by atoms with Crippen LogP contribution in [0, 0.1) is 17.8 Å². The van der Waals surface area contributed by atoms with E-state index >= 15 is 0 Å². The molecule has 0 saturated heterocycles. The van der Waals surface area contributed by atoms with Crippen LogP contribution in [0.15, 0.2) is 10.7 Å². The third kappa shape index (κ3) is 3.06. The van der Waals surface area contributed by atoms with Gasteiger partial charge in [-0.15, -0.1) is 0 Å². The summed E-state index contributed by atoms with van der Waals surface area (Å²) in [7, 11) is 6.33. The summed E-state index contributed by atoms with van der Waals surface area (Å²) in [4.78, 5) is 2.21. The minimum atomic E-state index is 0.442. The highest BCUT2D eigenvalue weighted by atomic mass is 79.9. The first-order valence-electron chi connectivity index (χ1n) is 8.16. The van der Waals surface area contributed by atoms with E-state index in [1.165, 1.54) is 31.4 Å². The van der Waals surface area contributed by atoms with Gasteiger partial charge in [-0.3, -0.25) is 4.68 Å². The molecule has 3 atom stereocenters. The molecule has 0 radical (unpaired) electrons. The monoisotopic (exact) mass is 354 g/mol. The Morgan fingerprint density at radius 2 is 2.05 bits per heavy atom. The van der Waals surface area contributed by atoms with E-state index in [0.29, 0.717) is 6.04 Å². The van der Waals surface area contributed by atoms with Crippen molar-refractivity contribution in [2.75, 3.05) is 27.7 Å². The summed E-state index contributed by atoms with van der Waals surface area (Å²) < 4.78 is 3.35. The fourth-order valence-electron chi connectivity index (χ4n) is 4.21. The molecule has 0 spiro atoms. The Morgan fingerprint density at radius 3 is 2.62 bits per heavy atom. The van der Waals surface area contributed by atoms with Crippen molar-refractivity contribution in [1.29, 1.82) is 0 Å². The molecule has 0 aliphatic heterocycles. The van der Waals surface area contributed by atoms with Crippen molar-refractivity contribution in [3.05, 3.63) is 16.4 Å². The van der Waals surface area contributed by atoms with Gasteiger partial charge in [-0.2, -0.15) is 5.10 Å². The van der Waals surface area contributed by atoms with Crippen molar-refractivity contribution < 1.29 is 0 Å². The van der Waals surface area contributed by atoms with Crippen LogP contribution in [0.3, 0.4) is 0 Å². The van der Waals surface area contributed by atoms with Gasteiger partial charge < -0.3 is 10.2 Å². The number of aromatic nitrogens is 2. The smallest absolute Gasteiger partial charge is 0.0699 e. The zero-order chi connectivity index (χ0) is 15.0. The lowest BCUT2D eigenvalue weighted by molar-refractivity contribution is 0.356. The minimum absolute atomic E-state index is 0.442. The Morgan fingerprint density at radius 1 is 1.38 bits per heavy atom. The fraction of sp³-hybridized carbons (Fsp3) is 0.812. The van der Waals surface area contributed by atoms with Crippen LogP contribution in [0.1, 0.15) is 37.4 Å². The van der Waals surface area contributed by atoms with E-state index in [1.54, 1.807) is 0 Å². The molecule has 3 rings (SSSR count). The first-order chi connectivity index (χ1) is 10.1. The van der Waals surface area contributed by atoms with Crippen molar-refractivity contribution >= 4 is 15.9 Å². The molecular formula is C16H27BrN4. The van der Waals surface area contributed by atoms with E-state index in [-0.39, 0.29) is 0 Å². The molecule has 0 aromatic carbocycles. The van der Waals surface area contributed by atoms with Crippen LogP contribution in [0.4, 0.5) is 0 Å². The summed E-state index contributed by atoms with van der Waals surface area (Å²) in [6.45, 7) is 1.98. The molecule has 3 unspecified atom stereocenters. The molecule has 1 heterocycles. The predicted octanol–water partition coefficient (Wildman–Crippen LogP) is 2.90. The summed E-state index contributed by atoms with van der Waals surface area (Å²) in [6, 6.07) is 0.442. The number of rotatable bonds is 6. The third-order valence-corrected chi connectivity index (χ3v) is 5.92. The highest BCUT2D eigenvalue weighted by molar-refractivity contribution is 9.10. The Hall–Kier alpha value is -0.390. The standard InChI is InChI=1S/C16H27BrN4/c1-18-15(14-11-6-4-5-7-12(11)14)16-13(17)10-19-21(16)9-8-20(2)3/h10-12,14-15,18H,4-9H2,1-3H3. The van der Waals surface area contributed by atoms with E-state index in [2.05, 4.69) is 57.1 Å². The van der Waals surface area contributed by atoms with Crippen molar-refractivity contribution in [3.63, 3.8) is 0 Å². The number of hydrogen-bond donors (Lipinski definition) is 1. The van der Waals surface area contributed by atoms with Crippen LogP contribution in [0.5, 0.6) is 0 Å². The lowest BCUT2D eigenvalue weighted by Gasteiger charge is -2.20. The predicted molar refractivity (Wildman–Crippen MR) is 89.2 cm³/mol. The van der Waals surface area contributed by atoms with Gasteiger partial charge in [0, 0.05) is 6.54 Å². The molecule has 1 aromatic rings. The molecule has 0 amide bonds. The first kappa shape index (κ1) is 15.5. The van der Waals surface area contributed by atoms with Crippen molar-refractivity contribution in [2.24, 2.45) is 17.8 Å². The van der Waals surface area contributed by atoms with Crippen LogP contribution in [0.2, 0.25) is 0 Å². The average molecular weight is 355 g/mol. The zero-order valence-corrected chi connectivity index (χ0v) is 14.9. The molecule has 0 bridgehead atoms. The molecule has 2 aliphatic rings. The van der Waals surface area contributed by atoms with Crippen LogP contribution in [-0.2, 0) is 6.54 Å². The van der Waals surface area contributed by atoms with Gasteiger partial charge in [0.05, 0.1) is 29.0 Å². The van der Waals surface area contributed by atoms with Gasteiger partial charge in [0.2, 0.25) is 0 Å². The molecule has 4 nitrogen and oxygen atoms in total. The normalized spacial score (nSPS) is 29.5. The number of fused-ring (bicyclic) bond motifs is 1. The van der Waals surface area contributed by atoms with Crippen LogP contribution in [-0.4, -0.2) is 42.4 Å². The summed E-state index contributed by atoms with van der Waals surface area (Å²) in [5.74, 6) is 2.70. The topological polar surface area (TPSA) is 33.1 Å². The molecular weight excluding hydrogens is 328 g/mol. The number of nitrogens with zero attached hydrogens (tertiary/aromatic N) is 3. The van der Waals surface area contributed by atoms with Crippen molar-refractivity contribution in [1.82, 2.24) is 20.0 Å². The minimum Gasteiger partial charge on any atom is -0.311 e. The van der Waals surface area contributed by atoms with Crippen LogP contribution < -0.4 is 5.32 Å². The van der Waals surface area contributed by atoms with Gasteiger partial charge in [0.15, 0.2) is 0 Å². The second kappa shape index (κ2) is 6.39. The van der Waals surface area contributed by atoms with Crippen molar-refractivity contribution in [3.8, 4) is 0 Å². The Kier molecular flexibility index (Phi) is 4.71. The zero-order valence-electron chi connectivity index (χ0n) is 13.3. The van der Waals surface area contributed by atoms with E-state index < -0.39 is 0 Å². The number of likely N-dealkylation sites (N-methyl/N-ethyl adjacent to an activating group) is 1. The van der Waals surface area contributed by atoms with Crippen molar-refractivity contribution in [2.45, 2.75) is 38.3 Å². The summed E-state index contributed by atoms with van der Waals surface area (Å²) in [5.41, 5.74) is 1.35. The molecule has 1 aromatic heterocycles. The van der Waals surface area contributed by atoms with Gasteiger partial charge in [-0.05, 0) is 67.7 Å². The van der Waals surface area contributed by atoms with E-state index in [0.717, 1.165) is 35.3 Å². The fourth-order valence-corrected chi connectivity index (χ4v) is 4.75. The lowest BCUT2D eigenvalue weighted by Crippen LogP contribution is -2.26. The maximum absolute atomic E-state index is 4.59. The number of hydrogen-bond acceptors (Lipinski definition) is 3. The van der Waals surface area contributed by atoms with Gasteiger partial charge in [-0.25, -0.2) is 0 Å². The maximum Gasteiger partial charge on any atom is 0.0699 e. The Labute approximate surface area is 136 Å². The van der Waals surface area contributed by atoms with E-state index in [1.807, 2.05) is 6.20 Å². The molecule has 2 aliphatic carbocycles. The second-order valence-corrected chi connectivity index (χ2v) is 7.71. The van der Waals surface area contributed by atoms with E-state index in [9.17, 15) is 0 Å². The Balaban J connectivity index is 1.79. The quantitative estimate of drug-likeness (QED) is 0.852. The summed E-state index contributed by atoms with van der Waals surface area (Å²) in [5, 5.41) is 8.17. The average Bonchev–Trinajstić information content (AvgIpc) is 3.08. The maximum atomic E-state index is 4.59. The van der Waals surface area contributed by atoms with Crippen LogP contribution in [0.25, 0.3) is 0 Å². The highest BCUT2D eigenvalue weighted by Gasteiger charge is 2.54. The SMILES string of the molecule is CNC(c1c(Br)cnn1CCN(C)C)C1C2CCCCC21. The molecule has 2 fully saturated rings. The largest absolute Gasteiger partial charge is 0.311 e. The van der Waals surface area contributed by atoms with Gasteiger partial charge in [-0.1, -0.05) is 12.8 Å². The summed E-state index contributed by atoms with van der Waals surface area (Å²) in [6.07, 6.45) is 7.67. The molecule has 2 saturated carbocycles. The van der Waals surface area contributed by atoms with E-state index in [4.69, 9.17) is 0 Å². The molecule has 21 heavy (non-hydrogen) atoms. The first-order valence-corrected chi connectivity index (χ1v) is 8.96. The number of halogens is 1. The molecule has 118 valence electrons. The Bertz CT molecular complexity index is 473. The van der Waals surface area contributed by atoms with Crippen LogP contribution >= 0.6 is 15.9 Å². The van der Waals surface area contributed by atoms with Gasteiger partial charge >= 0.3 is 0 Å². The van der Waals surface area contributed by atoms with Gasteiger partial charge in [0.25, 0.3) is 0 Å². The highest BCUT2D eigenvalue weighted by Crippen LogP contribution is 2.60. The second-order valence-electron chi connectivity index (χ2n) is 6.86. The lowest BCUT2D eigenvalue weighted by atomic mass is 10.0. The van der Waals surface area contributed by atoms with Gasteiger partial charge in [0.1, 0.15) is 0 Å². The molecule has 5 heteroatoms. The third-order valence-electron chi connectivity index (χ3n) is 5.31. The summed E-state index contributed by atoms with van der Waals surface area (Å²) >= 11 is 3.72. The molecule has 1 N–H and O–H groups in total. The number of nitrogens with one attached hydrogen (secondary N) is 1.